The molecule has 0 N–H and O–H groups in total. The molecule has 1 heterocycles. The van der Waals surface area contributed by atoms with Crippen molar-refractivity contribution in [1.82, 2.24) is 4.31 Å². The average molecular weight is 399 g/mol. The number of ether oxygens (including phenoxy) is 1. The number of benzene rings is 1. The van der Waals surface area contributed by atoms with Gasteiger partial charge in [-0.2, -0.15) is 4.31 Å². The van der Waals surface area contributed by atoms with Crippen LogP contribution in [0.5, 0.6) is 0 Å². The first kappa shape index (κ1) is 14.5. The zero-order chi connectivity index (χ0) is 13.3. The number of halogens is 2. The molecule has 2 rings (SSSR count). The van der Waals surface area contributed by atoms with Gasteiger partial charge in [-0.1, -0.05) is 49.6 Å². The summed E-state index contributed by atoms with van der Waals surface area (Å²) in [6.45, 7) is 2.53. The summed E-state index contributed by atoms with van der Waals surface area (Å²) in [5.74, 6) is 0. The van der Waals surface area contributed by atoms with Gasteiger partial charge in [0.1, 0.15) is 10.0 Å². The quantitative estimate of drug-likeness (QED) is 0.719. The van der Waals surface area contributed by atoms with Crippen molar-refractivity contribution >= 4 is 41.9 Å². The van der Waals surface area contributed by atoms with Gasteiger partial charge >= 0.3 is 0 Å². The maximum absolute atomic E-state index is 12.4. The minimum Gasteiger partial charge on any atom is -0.350 e. The second-order valence-corrected chi connectivity index (χ2v) is 8.07. The molecule has 0 aliphatic carbocycles. The van der Waals surface area contributed by atoms with Crippen molar-refractivity contribution in [2.45, 2.75) is 21.8 Å². The van der Waals surface area contributed by atoms with Crippen LogP contribution in [0.4, 0.5) is 0 Å². The van der Waals surface area contributed by atoms with E-state index in [2.05, 4.69) is 31.9 Å². The van der Waals surface area contributed by atoms with Crippen LogP contribution < -0.4 is 0 Å². The van der Waals surface area contributed by atoms with Gasteiger partial charge in [0.2, 0.25) is 10.0 Å². The molecule has 18 heavy (non-hydrogen) atoms. The lowest BCUT2D eigenvalue weighted by Crippen LogP contribution is -2.46. The van der Waals surface area contributed by atoms with E-state index in [-0.39, 0.29) is 10.0 Å². The van der Waals surface area contributed by atoms with Gasteiger partial charge in [-0.05, 0) is 19.1 Å². The molecule has 1 aromatic rings. The molecule has 1 aliphatic rings. The third-order valence-corrected chi connectivity index (χ3v) is 5.51. The fourth-order valence-corrected chi connectivity index (χ4v) is 5.03. The van der Waals surface area contributed by atoms with Gasteiger partial charge in [0, 0.05) is 0 Å². The van der Waals surface area contributed by atoms with E-state index in [0.29, 0.717) is 18.0 Å². The summed E-state index contributed by atoms with van der Waals surface area (Å²) < 4.78 is 31.6. The second-order valence-electron chi connectivity index (χ2n) is 4.09. The zero-order valence-electron chi connectivity index (χ0n) is 9.71. The highest BCUT2D eigenvalue weighted by molar-refractivity contribution is 9.10. The molecule has 0 radical (unpaired) electrons. The lowest BCUT2D eigenvalue weighted by Gasteiger charge is -2.32. The molecule has 1 aromatic carbocycles. The van der Waals surface area contributed by atoms with Gasteiger partial charge in [0.05, 0.1) is 18.0 Å². The van der Waals surface area contributed by atoms with Gasteiger partial charge in [-0.15, -0.1) is 0 Å². The predicted molar refractivity (Wildman–Crippen MR) is 76.5 cm³/mol. The third kappa shape index (κ3) is 3.14. The van der Waals surface area contributed by atoms with E-state index in [1.54, 1.807) is 24.3 Å². The summed E-state index contributed by atoms with van der Waals surface area (Å²) >= 11 is 6.57. The Balaban J connectivity index is 2.28. The summed E-state index contributed by atoms with van der Waals surface area (Å²) in [6.07, 6.45) is 0. The molecule has 1 saturated heterocycles. The smallest absolute Gasteiger partial charge is 0.243 e. The van der Waals surface area contributed by atoms with Crippen LogP contribution in [-0.2, 0) is 14.8 Å². The van der Waals surface area contributed by atoms with Crippen LogP contribution in [0, 0.1) is 6.92 Å². The molecule has 2 atom stereocenters. The number of nitrogens with zero attached hydrogens (tertiary/aromatic N) is 1. The molecular formula is C11H13Br2NO3S. The molecular weight excluding hydrogens is 386 g/mol. The Labute approximate surface area is 124 Å². The van der Waals surface area contributed by atoms with E-state index in [1.807, 2.05) is 6.92 Å². The second kappa shape index (κ2) is 5.58. The van der Waals surface area contributed by atoms with Crippen molar-refractivity contribution in [3.05, 3.63) is 29.8 Å². The Kier molecular flexibility index (Phi) is 4.48. The standard InChI is InChI=1S/C11H13Br2NO3S/c1-8-2-4-9(5-3-8)18(15,16)14-6-10(12)17-11(13)7-14/h2-5,10-11H,6-7H2,1H3. The number of rotatable bonds is 2. The Morgan fingerprint density at radius 2 is 1.67 bits per heavy atom. The van der Waals surface area contributed by atoms with Gasteiger partial charge in [-0.25, -0.2) is 8.42 Å². The molecule has 0 saturated carbocycles. The van der Waals surface area contributed by atoms with Crippen molar-refractivity contribution in [3.8, 4) is 0 Å². The largest absolute Gasteiger partial charge is 0.350 e. The zero-order valence-corrected chi connectivity index (χ0v) is 13.7. The Hall–Kier alpha value is 0.0500. The number of morpholine rings is 1. The molecule has 4 nitrogen and oxygen atoms in total. The molecule has 0 spiro atoms. The van der Waals surface area contributed by atoms with Gasteiger partial charge in [0.15, 0.2) is 0 Å². The van der Waals surface area contributed by atoms with Crippen molar-refractivity contribution in [1.29, 1.82) is 0 Å². The monoisotopic (exact) mass is 397 g/mol. The first-order chi connectivity index (χ1) is 8.39. The van der Waals surface area contributed by atoms with Gasteiger partial charge in [-0.3, -0.25) is 0 Å². The van der Waals surface area contributed by atoms with Crippen molar-refractivity contribution in [2.75, 3.05) is 13.1 Å². The SMILES string of the molecule is Cc1ccc(S(=O)(=O)N2CC(Br)OC(Br)C2)cc1. The molecule has 0 bridgehead atoms. The lowest BCUT2D eigenvalue weighted by atomic mass is 10.2. The minimum absolute atomic E-state index is 0.296. The number of aryl methyl sites for hydroxylation is 1. The third-order valence-electron chi connectivity index (χ3n) is 2.65. The maximum Gasteiger partial charge on any atom is 0.243 e. The highest BCUT2D eigenvalue weighted by Gasteiger charge is 2.33. The Morgan fingerprint density at radius 3 is 2.17 bits per heavy atom. The predicted octanol–water partition coefficient (Wildman–Crippen LogP) is 2.46. The number of hydrogen-bond acceptors (Lipinski definition) is 3. The van der Waals surface area contributed by atoms with E-state index in [4.69, 9.17) is 4.74 Å². The summed E-state index contributed by atoms with van der Waals surface area (Å²) in [6, 6.07) is 6.86. The average Bonchev–Trinajstić information content (AvgIpc) is 2.28. The van der Waals surface area contributed by atoms with Gasteiger partial charge in [0.25, 0.3) is 0 Å². The Bertz CT molecular complexity index is 508. The number of alkyl halides is 2. The first-order valence-corrected chi connectivity index (χ1v) is 8.67. The summed E-state index contributed by atoms with van der Waals surface area (Å²) in [5, 5.41) is -0.591. The van der Waals surface area contributed by atoms with E-state index in [9.17, 15) is 8.42 Å². The molecule has 7 heteroatoms. The fraction of sp³-hybridized carbons (Fsp3) is 0.455. The lowest BCUT2D eigenvalue weighted by molar-refractivity contribution is 0.0374. The first-order valence-electron chi connectivity index (χ1n) is 5.40. The molecule has 2 unspecified atom stereocenters. The number of hydrogen-bond donors (Lipinski definition) is 0. The van der Waals surface area contributed by atoms with Crippen LogP contribution in [-0.4, -0.2) is 35.8 Å². The highest BCUT2D eigenvalue weighted by atomic mass is 79.9. The van der Waals surface area contributed by atoms with Crippen molar-refractivity contribution in [2.24, 2.45) is 0 Å². The number of sulfonamides is 1. The van der Waals surface area contributed by atoms with Crippen molar-refractivity contribution in [3.63, 3.8) is 0 Å². The van der Waals surface area contributed by atoms with Crippen LogP contribution in [0.15, 0.2) is 29.2 Å². The van der Waals surface area contributed by atoms with Crippen LogP contribution >= 0.6 is 31.9 Å². The van der Waals surface area contributed by atoms with E-state index in [0.717, 1.165) is 5.56 Å². The molecule has 1 fully saturated rings. The molecule has 0 amide bonds. The van der Waals surface area contributed by atoms with E-state index >= 15 is 0 Å². The van der Waals surface area contributed by atoms with E-state index in [1.165, 1.54) is 4.31 Å². The Morgan fingerprint density at radius 1 is 1.17 bits per heavy atom. The summed E-state index contributed by atoms with van der Waals surface area (Å²) in [5.41, 5.74) is 1.03. The van der Waals surface area contributed by atoms with Crippen LogP contribution in [0.1, 0.15) is 5.56 Å². The van der Waals surface area contributed by atoms with Crippen molar-refractivity contribution < 1.29 is 13.2 Å². The molecule has 100 valence electrons. The van der Waals surface area contributed by atoms with Crippen LogP contribution in [0.3, 0.4) is 0 Å². The van der Waals surface area contributed by atoms with Crippen LogP contribution in [0.2, 0.25) is 0 Å². The molecule has 0 aromatic heterocycles. The van der Waals surface area contributed by atoms with Gasteiger partial charge < -0.3 is 4.74 Å². The maximum atomic E-state index is 12.4. The van der Waals surface area contributed by atoms with E-state index < -0.39 is 10.0 Å². The highest BCUT2D eigenvalue weighted by Crippen LogP contribution is 2.25. The normalized spacial score (nSPS) is 26.2. The summed E-state index contributed by atoms with van der Waals surface area (Å²) in [7, 11) is -3.45. The fourth-order valence-electron chi connectivity index (χ4n) is 1.70. The topological polar surface area (TPSA) is 46.6 Å². The molecule has 1 aliphatic heterocycles. The minimum atomic E-state index is -3.45. The van der Waals surface area contributed by atoms with Crippen LogP contribution in [0.25, 0.3) is 0 Å². The summed E-state index contributed by atoms with van der Waals surface area (Å²) in [4.78, 5) is 0.314.